The third-order valence-electron chi connectivity index (χ3n) is 5.37. The molecule has 0 aromatic heterocycles. The van der Waals surface area contributed by atoms with Crippen molar-refractivity contribution in [3.05, 3.63) is 59.7 Å². The van der Waals surface area contributed by atoms with E-state index in [0.29, 0.717) is 0 Å². The monoisotopic (exact) mass is 424 g/mol. The van der Waals surface area contributed by atoms with Crippen LogP contribution in [0.25, 0.3) is 11.1 Å². The van der Waals surface area contributed by atoms with Gasteiger partial charge in [-0.1, -0.05) is 69.3 Å². The molecule has 0 heterocycles. The molecule has 7 nitrogen and oxygen atoms in total. The fourth-order valence-electron chi connectivity index (χ4n) is 3.83. The van der Waals surface area contributed by atoms with E-state index in [9.17, 15) is 14.4 Å². The Labute approximate surface area is 181 Å². The number of nitrogens with one attached hydrogen (secondary N) is 2. The van der Waals surface area contributed by atoms with Gasteiger partial charge in [-0.25, -0.2) is 4.79 Å². The molecule has 0 saturated heterocycles. The zero-order chi connectivity index (χ0) is 22.6. The summed E-state index contributed by atoms with van der Waals surface area (Å²) < 4.78 is 5.53. The molecule has 0 radical (unpaired) electrons. The Kier molecular flexibility index (Phi) is 6.63. The average Bonchev–Trinajstić information content (AvgIpc) is 3.03. The Morgan fingerprint density at radius 3 is 2.06 bits per heavy atom. The highest BCUT2D eigenvalue weighted by atomic mass is 16.5. The first kappa shape index (κ1) is 22.3. The number of ether oxygens (including phenoxy) is 1. The summed E-state index contributed by atoms with van der Waals surface area (Å²) in [5.41, 5.74) is 3.90. The van der Waals surface area contributed by atoms with Crippen LogP contribution < -0.4 is 10.6 Å². The lowest BCUT2D eigenvalue weighted by Gasteiger charge is -2.30. The molecule has 0 saturated carbocycles. The van der Waals surface area contributed by atoms with Crippen LogP contribution >= 0.6 is 0 Å². The van der Waals surface area contributed by atoms with Gasteiger partial charge in [0.25, 0.3) is 0 Å². The van der Waals surface area contributed by atoms with Crippen molar-refractivity contribution in [2.45, 2.75) is 39.2 Å². The quantitative estimate of drug-likeness (QED) is 0.631. The largest absolute Gasteiger partial charge is 0.481 e. The molecule has 1 atom stereocenters. The summed E-state index contributed by atoms with van der Waals surface area (Å²) >= 11 is 0. The first-order valence-corrected chi connectivity index (χ1v) is 10.3. The number of amides is 2. The minimum atomic E-state index is -1.00. The van der Waals surface area contributed by atoms with Crippen molar-refractivity contribution < 1.29 is 24.2 Å². The van der Waals surface area contributed by atoms with Crippen LogP contribution in [0.1, 0.15) is 44.2 Å². The topological polar surface area (TPSA) is 105 Å². The van der Waals surface area contributed by atoms with E-state index in [4.69, 9.17) is 9.84 Å². The molecule has 1 aliphatic carbocycles. The zero-order valence-electron chi connectivity index (χ0n) is 18.0. The Morgan fingerprint density at radius 1 is 1.00 bits per heavy atom. The molecular weight excluding hydrogens is 396 g/mol. The van der Waals surface area contributed by atoms with E-state index in [1.807, 2.05) is 57.2 Å². The van der Waals surface area contributed by atoms with E-state index in [1.165, 1.54) is 0 Å². The number of aliphatic carboxylic acids is 1. The number of fused-ring (bicyclic) bond motifs is 3. The summed E-state index contributed by atoms with van der Waals surface area (Å²) in [5.74, 6) is -1.52. The highest BCUT2D eigenvalue weighted by Crippen LogP contribution is 2.44. The van der Waals surface area contributed by atoms with Gasteiger partial charge in [-0.3, -0.25) is 9.59 Å². The standard InChI is InChI=1S/C24H28N2O5/c1-24(2,3)21(22(29)25-13-12-20(27)28)26-23(30)31-14-19-17-10-6-4-8-15(17)16-9-5-7-11-18(16)19/h4-11,19,21H,12-14H2,1-3H3,(H,25,29)(H,26,30)(H,27,28). The van der Waals surface area contributed by atoms with Crippen LogP contribution in [0, 0.1) is 5.41 Å². The molecule has 0 aliphatic heterocycles. The number of carboxylic acids is 1. The van der Waals surface area contributed by atoms with Gasteiger partial charge in [-0.15, -0.1) is 0 Å². The predicted octanol–water partition coefficient (Wildman–Crippen LogP) is 3.53. The number of benzene rings is 2. The minimum Gasteiger partial charge on any atom is -0.481 e. The van der Waals surface area contributed by atoms with Crippen molar-refractivity contribution >= 4 is 18.0 Å². The highest BCUT2D eigenvalue weighted by Gasteiger charge is 2.34. The second kappa shape index (κ2) is 9.20. The Bertz CT molecular complexity index is 934. The first-order valence-electron chi connectivity index (χ1n) is 10.3. The molecule has 0 fully saturated rings. The van der Waals surface area contributed by atoms with Crippen molar-refractivity contribution in [2.75, 3.05) is 13.2 Å². The summed E-state index contributed by atoms with van der Waals surface area (Å²) in [6.07, 6.45) is -0.872. The molecular formula is C24H28N2O5. The number of hydrogen-bond acceptors (Lipinski definition) is 4. The van der Waals surface area contributed by atoms with Gasteiger partial charge in [0.1, 0.15) is 12.6 Å². The summed E-state index contributed by atoms with van der Waals surface area (Å²) in [5, 5.41) is 13.9. The Balaban J connectivity index is 1.66. The molecule has 3 rings (SSSR count). The third kappa shape index (κ3) is 5.23. The van der Waals surface area contributed by atoms with Gasteiger partial charge in [-0.2, -0.15) is 0 Å². The van der Waals surface area contributed by atoms with Crippen molar-refractivity contribution in [1.29, 1.82) is 0 Å². The van der Waals surface area contributed by atoms with Crippen molar-refractivity contribution in [2.24, 2.45) is 5.41 Å². The maximum Gasteiger partial charge on any atom is 0.407 e. The molecule has 164 valence electrons. The Morgan fingerprint density at radius 2 is 1.55 bits per heavy atom. The molecule has 2 aromatic rings. The summed E-state index contributed by atoms with van der Waals surface area (Å²) in [4.78, 5) is 35.8. The van der Waals surface area contributed by atoms with Crippen molar-refractivity contribution in [1.82, 2.24) is 10.6 Å². The minimum absolute atomic E-state index is 0.00683. The van der Waals surface area contributed by atoms with Gasteiger partial charge in [-0.05, 0) is 27.7 Å². The average molecular weight is 424 g/mol. The van der Waals surface area contributed by atoms with E-state index in [-0.39, 0.29) is 25.5 Å². The highest BCUT2D eigenvalue weighted by molar-refractivity contribution is 5.86. The van der Waals surface area contributed by atoms with E-state index >= 15 is 0 Å². The summed E-state index contributed by atoms with van der Waals surface area (Å²) in [6.45, 7) is 5.60. The Hall–Kier alpha value is -3.35. The maximum absolute atomic E-state index is 12.6. The maximum atomic E-state index is 12.6. The van der Waals surface area contributed by atoms with Gasteiger partial charge < -0.3 is 20.5 Å². The van der Waals surface area contributed by atoms with E-state index in [0.717, 1.165) is 22.3 Å². The van der Waals surface area contributed by atoms with E-state index in [1.54, 1.807) is 0 Å². The zero-order valence-corrected chi connectivity index (χ0v) is 18.0. The normalized spacial score (nSPS) is 13.6. The van der Waals surface area contributed by atoms with Gasteiger partial charge in [0.05, 0.1) is 6.42 Å². The van der Waals surface area contributed by atoms with Crippen LogP contribution in [-0.4, -0.2) is 42.3 Å². The summed E-state index contributed by atoms with van der Waals surface area (Å²) in [6, 6.07) is 15.2. The smallest absolute Gasteiger partial charge is 0.407 e. The molecule has 7 heteroatoms. The fourth-order valence-corrected chi connectivity index (χ4v) is 3.83. The van der Waals surface area contributed by atoms with Crippen LogP contribution in [0.3, 0.4) is 0 Å². The van der Waals surface area contributed by atoms with Gasteiger partial charge >= 0.3 is 12.1 Å². The number of carbonyl (C=O) groups is 3. The van der Waals surface area contributed by atoms with Crippen molar-refractivity contribution in [3.8, 4) is 11.1 Å². The van der Waals surface area contributed by atoms with Crippen LogP contribution in [0.2, 0.25) is 0 Å². The van der Waals surface area contributed by atoms with Crippen LogP contribution in [0.5, 0.6) is 0 Å². The number of alkyl carbamates (subject to hydrolysis) is 1. The molecule has 2 amide bonds. The van der Waals surface area contributed by atoms with Gasteiger partial charge in [0, 0.05) is 12.5 Å². The summed E-state index contributed by atoms with van der Waals surface area (Å²) in [7, 11) is 0. The number of carbonyl (C=O) groups excluding carboxylic acids is 2. The predicted molar refractivity (Wildman–Crippen MR) is 117 cm³/mol. The van der Waals surface area contributed by atoms with Gasteiger partial charge in [0.2, 0.25) is 5.91 Å². The number of carboxylic acid groups (broad SMARTS) is 1. The second-order valence-electron chi connectivity index (χ2n) is 8.70. The number of rotatable bonds is 7. The fraction of sp³-hybridized carbons (Fsp3) is 0.375. The molecule has 31 heavy (non-hydrogen) atoms. The van der Waals surface area contributed by atoms with Crippen molar-refractivity contribution in [3.63, 3.8) is 0 Å². The molecule has 1 aliphatic rings. The van der Waals surface area contributed by atoms with Crippen LogP contribution in [0.15, 0.2) is 48.5 Å². The van der Waals surface area contributed by atoms with E-state index in [2.05, 4.69) is 22.8 Å². The lowest BCUT2D eigenvalue weighted by molar-refractivity contribution is -0.137. The third-order valence-corrected chi connectivity index (χ3v) is 5.37. The SMILES string of the molecule is CC(C)(C)C(NC(=O)OCC1c2ccccc2-c2ccccc21)C(=O)NCCC(=O)O. The molecule has 0 bridgehead atoms. The molecule has 1 unspecified atom stereocenters. The first-order chi connectivity index (χ1) is 14.7. The number of hydrogen-bond donors (Lipinski definition) is 3. The van der Waals surface area contributed by atoms with Gasteiger partial charge in [0.15, 0.2) is 0 Å². The molecule has 0 spiro atoms. The van der Waals surface area contributed by atoms with E-state index < -0.39 is 29.4 Å². The lowest BCUT2D eigenvalue weighted by Crippen LogP contribution is -2.54. The molecule has 2 aromatic carbocycles. The molecule has 3 N–H and O–H groups in total. The second-order valence-corrected chi connectivity index (χ2v) is 8.70. The van der Waals surface area contributed by atoms with Crippen LogP contribution in [0.4, 0.5) is 4.79 Å². The lowest BCUT2D eigenvalue weighted by atomic mass is 9.86. The van der Waals surface area contributed by atoms with Crippen LogP contribution in [-0.2, 0) is 14.3 Å².